The van der Waals surface area contributed by atoms with E-state index in [4.69, 9.17) is 4.98 Å². The summed E-state index contributed by atoms with van der Waals surface area (Å²) in [5.41, 5.74) is 1.37. The molecule has 7 heteroatoms. The van der Waals surface area contributed by atoms with Crippen molar-refractivity contribution in [1.29, 1.82) is 0 Å². The molecule has 174 valence electrons. The van der Waals surface area contributed by atoms with Crippen LogP contribution >= 0.6 is 22.7 Å². The molecule has 2 aromatic heterocycles. The minimum atomic E-state index is 0.403. The summed E-state index contributed by atoms with van der Waals surface area (Å²) in [4.78, 5) is 29.5. The molecule has 0 atom stereocenters. The molecule has 0 N–H and O–H groups in total. The van der Waals surface area contributed by atoms with Crippen molar-refractivity contribution in [3.63, 3.8) is 0 Å². The first-order chi connectivity index (χ1) is 15.6. The van der Waals surface area contributed by atoms with Gasteiger partial charge in [0.25, 0.3) is 0 Å². The van der Waals surface area contributed by atoms with Gasteiger partial charge in [-0.3, -0.25) is 4.79 Å². The van der Waals surface area contributed by atoms with Crippen molar-refractivity contribution in [2.45, 2.75) is 71.1 Å². The molecule has 0 amide bonds. The number of hydrogen-bond acceptors (Lipinski definition) is 7. The van der Waals surface area contributed by atoms with E-state index in [1.165, 1.54) is 86.8 Å². The standard InChI is InChI=1S/C25H36N4OS2/c1-18-26-17-22(31-18)16-21(30)15-20-5-3-19(4-6-20)7-12-28-13-8-23-24(9-14-28)32-25(27-23)29-10-2-11-29/h17,19-20H,2-16H2,1H3. The van der Waals surface area contributed by atoms with Gasteiger partial charge in [-0.1, -0.05) is 12.8 Å². The summed E-state index contributed by atoms with van der Waals surface area (Å²) in [6.45, 7) is 7.98. The number of Topliss-reactive ketones (excluding diaryl/α,β-unsaturated/α-hetero) is 1. The average molecular weight is 473 g/mol. The second-order valence-electron chi connectivity index (χ2n) is 9.99. The van der Waals surface area contributed by atoms with E-state index in [1.807, 2.05) is 24.5 Å². The van der Waals surface area contributed by atoms with Gasteiger partial charge in [0.1, 0.15) is 5.78 Å². The fourth-order valence-electron chi connectivity index (χ4n) is 5.43. The van der Waals surface area contributed by atoms with Crippen LogP contribution in [0.2, 0.25) is 0 Å². The highest BCUT2D eigenvalue weighted by molar-refractivity contribution is 7.15. The van der Waals surface area contributed by atoms with Crippen LogP contribution in [-0.2, 0) is 24.1 Å². The van der Waals surface area contributed by atoms with E-state index in [1.54, 1.807) is 11.3 Å². The lowest BCUT2D eigenvalue weighted by Crippen LogP contribution is -2.36. The maximum absolute atomic E-state index is 12.5. The first-order valence-corrected chi connectivity index (χ1v) is 14.1. The second kappa shape index (κ2) is 10.3. The van der Waals surface area contributed by atoms with Gasteiger partial charge in [0, 0.05) is 61.4 Å². The molecule has 4 heterocycles. The number of aryl methyl sites for hydroxylation is 1. The van der Waals surface area contributed by atoms with E-state index in [0.717, 1.165) is 35.2 Å². The molecular formula is C25H36N4OS2. The SMILES string of the molecule is Cc1ncc(CC(=O)CC2CCC(CCN3CCc4nc(N5CCC5)sc4CC3)CC2)s1. The van der Waals surface area contributed by atoms with Crippen LogP contribution < -0.4 is 4.90 Å². The molecule has 5 nitrogen and oxygen atoms in total. The Morgan fingerprint density at radius 3 is 2.56 bits per heavy atom. The Hall–Kier alpha value is -1.31. The first kappa shape index (κ1) is 22.5. The largest absolute Gasteiger partial charge is 0.348 e. The number of rotatable bonds is 8. The maximum atomic E-state index is 12.5. The van der Waals surface area contributed by atoms with E-state index in [2.05, 4.69) is 14.8 Å². The molecule has 5 rings (SSSR count). The smallest absolute Gasteiger partial charge is 0.185 e. The number of aromatic nitrogens is 2. The van der Waals surface area contributed by atoms with Crippen LogP contribution in [0.3, 0.4) is 0 Å². The number of carbonyl (C=O) groups is 1. The Bertz CT molecular complexity index is 885. The highest BCUT2D eigenvalue weighted by Gasteiger charge is 2.26. The molecule has 0 spiro atoms. The Labute approximate surface area is 200 Å². The van der Waals surface area contributed by atoms with Gasteiger partial charge in [-0.2, -0.15) is 0 Å². The summed E-state index contributed by atoms with van der Waals surface area (Å²) in [6, 6.07) is 0. The minimum Gasteiger partial charge on any atom is -0.348 e. The summed E-state index contributed by atoms with van der Waals surface area (Å²) < 4.78 is 0. The number of ketones is 1. The lowest BCUT2D eigenvalue weighted by atomic mass is 9.78. The fraction of sp³-hybridized carbons (Fsp3) is 0.720. The molecule has 1 saturated heterocycles. The fourth-order valence-corrected chi connectivity index (χ4v) is 7.40. The Kier molecular flexibility index (Phi) is 7.24. The predicted molar refractivity (Wildman–Crippen MR) is 133 cm³/mol. The van der Waals surface area contributed by atoms with Gasteiger partial charge < -0.3 is 9.80 Å². The summed E-state index contributed by atoms with van der Waals surface area (Å²) in [5.74, 6) is 1.85. The topological polar surface area (TPSA) is 49.3 Å². The Morgan fingerprint density at radius 2 is 1.84 bits per heavy atom. The summed E-state index contributed by atoms with van der Waals surface area (Å²) >= 11 is 3.61. The second-order valence-corrected chi connectivity index (χ2v) is 12.4. The quantitative estimate of drug-likeness (QED) is 0.546. The van der Waals surface area contributed by atoms with Crippen LogP contribution in [0.25, 0.3) is 0 Å². The number of carbonyl (C=O) groups excluding carboxylic acids is 1. The molecule has 2 fully saturated rings. The zero-order valence-electron chi connectivity index (χ0n) is 19.4. The van der Waals surface area contributed by atoms with E-state index >= 15 is 0 Å². The Morgan fingerprint density at radius 1 is 1.06 bits per heavy atom. The van der Waals surface area contributed by atoms with E-state index in [9.17, 15) is 4.79 Å². The molecule has 3 aliphatic rings. The third kappa shape index (κ3) is 5.60. The van der Waals surface area contributed by atoms with Gasteiger partial charge in [0.15, 0.2) is 5.13 Å². The van der Waals surface area contributed by atoms with Gasteiger partial charge in [0.2, 0.25) is 0 Å². The minimum absolute atomic E-state index is 0.403. The van der Waals surface area contributed by atoms with Crippen LogP contribution in [0.5, 0.6) is 0 Å². The third-order valence-electron chi connectivity index (χ3n) is 7.59. The van der Waals surface area contributed by atoms with Crippen molar-refractivity contribution in [2.75, 3.05) is 37.6 Å². The van der Waals surface area contributed by atoms with Crippen LogP contribution in [0.4, 0.5) is 5.13 Å². The number of hydrogen-bond donors (Lipinski definition) is 0. The predicted octanol–water partition coefficient (Wildman–Crippen LogP) is 4.92. The maximum Gasteiger partial charge on any atom is 0.185 e. The molecule has 1 aliphatic carbocycles. The molecule has 1 saturated carbocycles. The van der Waals surface area contributed by atoms with Crippen molar-refractivity contribution >= 4 is 33.6 Å². The molecule has 2 aromatic rings. The van der Waals surface area contributed by atoms with Crippen molar-refractivity contribution < 1.29 is 4.79 Å². The molecule has 0 radical (unpaired) electrons. The third-order valence-corrected chi connectivity index (χ3v) is 9.72. The lowest BCUT2D eigenvalue weighted by Gasteiger charge is -2.30. The van der Waals surface area contributed by atoms with Crippen molar-refractivity contribution in [3.05, 3.63) is 26.7 Å². The number of anilines is 1. The molecule has 0 bridgehead atoms. The monoisotopic (exact) mass is 472 g/mol. The highest BCUT2D eigenvalue weighted by atomic mass is 32.1. The average Bonchev–Trinajstić information content (AvgIpc) is 3.27. The van der Waals surface area contributed by atoms with Crippen LogP contribution in [0.1, 0.15) is 65.4 Å². The summed E-state index contributed by atoms with van der Waals surface area (Å²) in [7, 11) is 0. The molecule has 2 aliphatic heterocycles. The number of nitrogens with zero attached hydrogens (tertiary/aromatic N) is 4. The molecule has 0 aromatic carbocycles. The lowest BCUT2D eigenvalue weighted by molar-refractivity contribution is -0.119. The summed E-state index contributed by atoms with van der Waals surface area (Å²) in [5, 5.41) is 2.33. The van der Waals surface area contributed by atoms with Gasteiger partial charge in [-0.05, 0) is 57.4 Å². The Balaban J connectivity index is 1.00. The molecule has 0 unspecified atom stereocenters. The highest BCUT2D eigenvalue weighted by Crippen LogP contribution is 2.34. The van der Waals surface area contributed by atoms with Gasteiger partial charge in [0.05, 0.1) is 10.7 Å². The van der Waals surface area contributed by atoms with Gasteiger partial charge in [-0.15, -0.1) is 22.7 Å². The van der Waals surface area contributed by atoms with Crippen LogP contribution in [0, 0.1) is 18.8 Å². The van der Waals surface area contributed by atoms with Crippen molar-refractivity contribution in [1.82, 2.24) is 14.9 Å². The zero-order chi connectivity index (χ0) is 21.9. The van der Waals surface area contributed by atoms with Crippen molar-refractivity contribution in [2.24, 2.45) is 11.8 Å². The summed E-state index contributed by atoms with van der Waals surface area (Å²) in [6.07, 6.45) is 13.2. The first-order valence-electron chi connectivity index (χ1n) is 12.5. The molecular weight excluding hydrogens is 436 g/mol. The van der Waals surface area contributed by atoms with E-state index in [0.29, 0.717) is 18.1 Å². The number of thiazole rings is 2. The van der Waals surface area contributed by atoms with Gasteiger partial charge >= 0.3 is 0 Å². The van der Waals surface area contributed by atoms with E-state index in [-0.39, 0.29) is 0 Å². The normalized spacial score (nSPS) is 24.1. The van der Waals surface area contributed by atoms with E-state index < -0.39 is 0 Å². The zero-order valence-corrected chi connectivity index (χ0v) is 21.0. The van der Waals surface area contributed by atoms with Crippen LogP contribution in [-0.4, -0.2) is 53.4 Å². The van der Waals surface area contributed by atoms with Crippen LogP contribution in [0.15, 0.2) is 6.20 Å². The number of fused-ring (bicyclic) bond motifs is 1. The van der Waals surface area contributed by atoms with Crippen molar-refractivity contribution in [3.8, 4) is 0 Å². The van der Waals surface area contributed by atoms with Gasteiger partial charge in [-0.25, -0.2) is 9.97 Å². The molecule has 32 heavy (non-hydrogen) atoms.